The number of hydrogen-bond acceptors (Lipinski definition) is 8. The number of amides is 5. The average Bonchev–Trinajstić information content (AvgIpc) is 3.60. The molecule has 273 valence electrons. The topological polar surface area (TPSA) is 182 Å². The SMILES string of the molecule is CC(C)(C)NC(=O)NC1CCCCC/C=C/C2CC2([C]=O)NC(=O)C2CC(Oc3cc(-c4ccccc4)nc4cc(OC(N)=O)ccc34)CN2C1=O. The van der Waals surface area contributed by atoms with Gasteiger partial charge in [-0.05, 0) is 58.6 Å². The maximum atomic E-state index is 14.4. The largest absolute Gasteiger partial charge is 0.488 e. The van der Waals surface area contributed by atoms with Crippen molar-refractivity contribution in [2.24, 2.45) is 11.7 Å². The number of nitrogens with one attached hydrogen (secondary N) is 3. The van der Waals surface area contributed by atoms with E-state index in [1.165, 1.54) is 4.90 Å². The van der Waals surface area contributed by atoms with Gasteiger partial charge in [0.1, 0.15) is 35.2 Å². The van der Waals surface area contributed by atoms with E-state index in [-0.39, 0.29) is 24.6 Å². The Morgan fingerprint density at radius 1 is 1.08 bits per heavy atom. The number of allylic oxidation sites excluding steroid dienone is 1. The summed E-state index contributed by atoms with van der Waals surface area (Å²) in [6.07, 6.45) is 8.60. The summed E-state index contributed by atoms with van der Waals surface area (Å²) in [7, 11) is 0. The smallest absolute Gasteiger partial charge is 0.409 e. The van der Waals surface area contributed by atoms with E-state index >= 15 is 0 Å². The summed E-state index contributed by atoms with van der Waals surface area (Å²) in [5.74, 6) is -0.405. The maximum absolute atomic E-state index is 14.4. The van der Waals surface area contributed by atoms with E-state index in [0.717, 1.165) is 24.8 Å². The van der Waals surface area contributed by atoms with E-state index in [9.17, 15) is 24.0 Å². The van der Waals surface area contributed by atoms with Crippen LogP contribution in [-0.4, -0.2) is 75.9 Å². The molecule has 5 amide bonds. The van der Waals surface area contributed by atoms with E-state index in [1.807, 2.05) is 63.3 Å². The van der Waals surface area contributed by atoms with Gasteiger partial charge in [0.25, 0.3) is 0 Å². The minimum absolute atomic E-state index is 0.0461. The van der Waals surface area contributed by atoms with Crippen LogP contribution in [-0.2, 0) is 14.4 Å². The number of nitrogens with two attached hydrogens (primary N) is 1. The molecule has 6 rings (SSSR count). The van der Waals surface area contributed by atoms with Crippen LogP contribution in [0.5, 0.6) is 11.5 Å². The van der Waals surface area contributed by atoms with Crippen molar-refractivity contribution in [3.63, 3.8) is 0 Å². The molecule has 5 atom stereocenters. The lowest BCUT2D eigenvalue weighted by Gasteiger charge is -2.30. The highest BCUT2D eigenvalue weighted by Gasteiger charge is 2.56. The second-order valence-electron chi connectivity index (χ2n) is 14.8. The van der Waals surface area contributed by atoms with E-state index < -0.39 is 53.2 Å². The fourth-order valence-electron chi connectivity index (χ4n) is 6.92. The lowest BCUT2D eigenvalue weighted by atomic mass is 10.0. The number of rotatable bonds is 6. The lowest BCUT2D eigenvalue weighted by Crippen LogP contribution is -2.57. The first kappa shape index (κ1) is 36.3. The number of primary amides is 1. The van der Waals surface area contributed by atoms with Gasteiger partial charge in [-0.25, -0.2) is 14.6 Å². The number of benzene rings is 2. The van der Waals surface area contributed by atoms with Crippen LogP contribution in [0, 0.1) is 5.92 Å². The molecule has 1 saturated heterocycles. The van der Waals surface area contributed by atoms with Gasteiger partial charge in [0, 0.05) is 41.0 Å². The van der Waals surface area contributed by atoms with E-state index in [2.05, 4.69) is 22.2 Å². The van der Waals surface area contributed by atoms with Gasteiger partial charge in [-0.2, -0.15) is 0 Å². The lowest BCUT2D eigenvalue weighted by molar-refractivity contribution is -0.140. The standard InChI is InChI=1S/C39H45N6O7/c1-38(2,3)44-37(50)42-29-15-11-6-4-5-10-14-25-21-39(25,23-46)43-34(47)32-19-27(22-45(32)35(29)48)51-33-20-30(24-12-8-7-9-13-24)41-31-18-26(52-36(40)49)16-17-28(31)33/h7-10,12-14,16-18,20,25,27,29,32H,4-6,11,15,19,21-22H2,1-3H3,(H2,40,49)(H,43,47)(H2,42,44,50)/b14-10+. The van der Waals surface area contributed by atoms with Crippen molar-refractivity contribution in [2.75, 3.05) is 6.54 Å². The number of fused-ring (bicyclic) bond motifs is 3. The maximum Gasteiger partial charge on any atom is 0.409 e. The highest BCUT2D eigenvalue weighted by Crippen LogP contribution is 2.43. The highest BCUT2D eigenvalue weighted by molar-refractivity contribution is 5.95. The number of ether oxygens (including phenoxy) is 2. The van der Waals surface area contributed by atoms with Crippen LogP contribution in [0.4, 0.5) is 9.59 Å². The molecule has 5 unspecified atom stereocenters. The predicted octanol–water partition coefficient (Wildman–Crippen LogP) is 4.68. The van der Waals surface area contributed by atoms with Crippen LogP contribution in [0.2, 0.25) is 0 Å². The van der Waals surface area contributed by atoms with Gasteiger partial charge < -0.3 is 36.1 Å². The molecule has 2 aromatic carbocycles. The van der Waals surface area contributed by atoms with Crippen LogP contribution >= 0.6 is 0 Å². The van der Waals surface area contributed by atoms with Crippen molar-refractivity contribution in [2.45, 2.75) is 95.0 Å². The molecule has 1 aliphatic carbocycles. The summed E-state index contributed by atoms with van der Waals surface area (Å²) in [4.78, 5) is 71.5. The zero-order valence-corrected chi connectivity index (χ0v) is 29.6. The Hall–Kier alpha value is -5.46. The molecule has 0 spiro atoms. The van der Waals surface area contributed by atoms with Crippen LogP contribution < -0.4 is 31.2 Å². The van der Waals surface area contributed by atoms with Crippen molar-refractivity contribution in [3.8, 4) is 22.8 Å². The molecule has 1 aromatic heterocycles. The summed E-state index contributed by atoms with van der Waals surface area (Å²) in [5, 5.41) is 9.25. The Bertz CT molecular complexity index is 1880. The molecule has 52 heavy (non-hydrogen) atoms. The molecule has 5 N–H and O–H groups in total. The van der Waals surface area contributed by atoms with Gasteiger partial charge in [-0.1, -0.05) is 55.3 Å². The first-order valence-corrected chi connectivity index (χ1v) is 17.8. The normalized spacial score (nSPS) is 25.7. The van der Waals surface area contributed by atoms with Crippen molar-refractivity contribution in [1.82, 2.24) is 25.8 Å². The number of nitrogens with zero attached hydrogens (tertiary/aromatic N) is 2. The van der Waals surface area contributed by atoms with Crippen molar-refractivity contribution < 1.29 is 33.4 Å². The summed E-state index contributed by atoms with van der Waals surface area (Å²) >= 11 is 0. The number of hydrogen-bond donors (Lipinski definition) is 4. The van der Waals surface area contributed by atoms with Gasteiger partial charge in [-0.15, -0.1) is 0 Å². The molecule has 0 bridgehead atoms. The Kier molecular flexibility index (Phi) is 10.5. The van der Waals surface area contributed by atoms with E-state index in [0.29, 0.717) is 41.6 Å². The third kappa shape index (κ3) is 8.52. The number of pyridine rings is 1. The van der Waals surface area contributed by atoms with Gasteiger partial charge in [0.05, 0.1) is 17.8 Å². The average molecular weight is 710 g/mol. The molecule has 1 saturated carbocycles. The Morgan fingerprint density at radius 3 is 2.60 bits per heavy atom. The van der Waals surface area contributed by atoms with Crippen LogP contribution in [0.1, 0.15) is 65.7 Å². The molecule has 3 aromatic rings. The molecule has 13 heteroatoms. The summed E-state index contributed by atoms with van der Waals surface area (Å²) in [6.45, 7) is 5.60. The fourth-order valence-corrected chi connectivity index (χ4v) is 6.92. The number of carbonyl (C=O) groups excluding carboxylic acids is 5. The summed E-state index contributed by atoms with van der Waals surface area (Å²) in [5.41, 5.74) is 5.45. The second-order valence-corrected chi connectivity index (χ2v) is 14.8. The first-order valence-electron chi connectivity index (χ1n) is 17.8. The molecular weight excluding hydrogens is 664 g/mol. The molecule has 13 nitrogen and oxygen atoms in total. The second kappa shape index (κ2) is 15.0. The van der Waals surface area contributed by atoms with Crippen molar-refractivity contribution >= 4 is 41.1 Å². The number of carbonyl (C=O) groups is 4. The third-order valence-electron chi connectivity index (χ3n) is 9.54. The Balaban J connectivity index is 1.34. The number of urea groups is 1. The van der Waals surface area contributed by atoms with E-state index in [4.69, 9.17) is 20.2 Å². The quantitative estimate of drug-likeness (QED) is 0.266. The molecule has 3 aliphatic rings. The fraction of sp³-hybridized carbons (Fsp3) is 0.436. The summed E-state index contributed by atoms with van der Waals surface area (Å²) < 4.78 is 11.8. The van der Waals surface area contributed by atoms with Gasteiger partial charge in [-0.3, -0.25) is 14.4 Å². The minimum Gasteiger partial charge on any atom is -0.488 e. The Morgan fingerprint density at radius 2 is 1.87 bits per heavy atom. The van der Waals surface area contributed by atoms with Gasteiger partial charge >= 0.3 is 12.1 Å². The Labute approximate surface area is 302 Å². The first-order chi connectivity index (χ1) is 24.8. The van der Waals surface area contributed by atoms with E-state index in [1.54, 1.807) is 24.3 Å². The zero-order chi connectivity index (χ0) is 37.0. The van der Waals surface area contributed by atoms with Crippen molar-refractivity contribution in [1.29, 1.82) is 0 Å². The highest BCUT2D eigenvalue weighted by atomic mass is 16.5. The monoisotopic (exact) mass is 709 g/mol. The summed E-state index contributed by atoms with van der Waals surface area (Å²) in [6, 6.07) is 13.8. The molecule has 3 heterocycles. The molecule has 1 radical (unpaired) electrons. The van der Waals surface area contributed by atoms with Crippen LogP contribution in [0.3, 0.4) is 0 Å². The van der Waals surface area contributed by atoms with Crippen molar-refractivity contribution in [3.05, 3.63) is 66.7 Å². The zero-order valence-electron chi connectivity index (χ0n) is 29.6. The molecule has 2 fully saturated rings. The predicted molar refractivity (Wildman–Crippen MR) is 194 cm³/mol. The van der Waals surface area contributed by atoms with Gasteiger partial charge in [0.15, 0.2) is 0 Å². The number of aromatic nitrogens is 1. The third-order valence-corrected chi connectivity index (χ3v) is 9.54. The molecule has 2 aliphatic heterocycles. The van der Waals surface area contributed by atoms with Crippen LogP contribution in [0.25, 0.3) is 22.2 Å². The molecular formula is C39H45N6O7. The minimum atomic E-state index is -1.15. The van der Waals surface area contributed by atoms with Crippen LogP contribution in [0.15, 0.2) is 66.7 Å². The van der Waals surface area contributed by atoms with Gasteiger partial charge in [0.2, 0.25) is 18.1 Å².